The van der Waals surface area contributed by atoms with E-state index in [1.54, 1.807) is 0 Å². The van der Waals surface area contributed by atoms with Crippen LogP contribution in [0.25, 0.3) is 0 Å². The molecule has 0 aromatic heterocycles. The molecule has 0 bridgehead atoms. The minimum atomic E-state index is 0.574. The van der Waals surface area contributed by atoms with Gasteiger partial charge in [0.25, 0.3) is 0 Å². The lowest BCUT2D eigenvalue weighted by atomic mass is 10.1. The second kappa shape index (κ2) is 6.65. The molecule has 0 aromatic carbocycles. The van der Waals surface area contributed by atoms with Crippen molar-refractivity contribution in [1.82, 2.24) is 10.2 Å². The van der Waals surface area contributed by atoms with Crippen molar-refractivity contribution in [3.05, 3.63) is 0 Å². The summed E-state index contributed by atoms with van der Waals surface area (Å²) in [6.45, 7) is 7.20. The largest absolute Gasteiger partial charge is 0.370 e. The normalized spacial score (nSPS) is 19.6. The van der Waals surface area contributed by atoms with E-state index in [4.69, 9.17) is 5.73 Å². The highest BCUT2D eigenvalue weighted by Crippen LogP contribution is 2.07. The zero-order chi connectivity index (χ0) is 10.2. The van der Waals surface area contributed by atoms with Crippen LogP contribution in [0.1, 0.15) is 26.2 Å². The summed E-state index contributed by atoms with van der Waals surface area (Å²) in [5.41, 5.74) is 5.62. The third-order valence-electron chi connectivity index (χ3n) is 2.50. The van der Waals surface area contributed by atoms with E-state index >= 15 is 0 Å². The lowest BCUT2D eigenvalue weighted by Crippen LogP contribution is -2.34. The maximum absolute atomic E-state index is 5.62. The standard InChI is InChI=1S/C10H22N4/c1-2-12-10(11)13-6-9-14-7-4-3-5-8-14/h2-9H2,1H3,(H3,11,12,13). The zero-order valence-corrected chi connectivity index (χ0v) is 9.13. The molecule has 1 aliphatic heterocycles. The highest BCUT2D eigenvalue weighted by molar-refractivity contribution is 5.77. The van der Waals surface area contributed by atoms with Crippen LogP contribution in [0, 0.1) is 0 Å². The molecule has 0 atom stereocenters. The number of hydrogen-bond donors (Lipinski definition) is 2. The van der Waals surface area contributed by atoms with Crippen molar-refractivity contribution in [2.45, 2.75) is 26.2 Å². The number of aliphatic imine (C=N–C) groups is 1. The number of piperidine rings is 1. The van der Waals surface area contributed by atoms with Crippen LogP contribution in [-0.2, 0) is 0 Å². The van der Waals surface area contributed by atoms with Gasteiger partial charge in [0.1, 0.15) is 0 Å². The minimum Gasteiger partial charge on any atom is -0.370 e. The molecule has 0 spiro atoms. The average Bonchev–Trinajstić information content (AvgIpc) is 2.20. The van der Waals surface area contributed by atoms with Crippen LogP contribution < -0.4 is 11.1 Å². The number of nitrogens with two attached hydrogens (primary N) is 1. The Kier molecular flexibility index (Phi) is 5.37. The van der Waals surface area contributed by atoms with Crippen LogP contribution in [0.5, 0.6) is 0 Å². The van der Waals surface area contributed by atoms with Gasteiger partial charge in [-0.3, -0.25) is 4.99 Å². The van der Waals surface area contributed by atoms with Crippen molar-refractivity contribution in [2.24, 2.45) is 10.7 Å². The van der Waals surface area contributed by atoms with Gasteiger partial charge in [-0.15, -0.1) is 0 Å². The number of rotatable bonds is 4. The Bertz CT molecular complexity index is 173. The van der Waals surface area contributed by atoms with Gasteiger partial charge in [-0.25, -0.2) is 0 Å². The molecule has 0 aromatic rings. The van der Waals surface area contributed by atoms with E-state index in [-0.39, 0.29) is 0 Å². The van der Waals surface area contributed by atoms with E-state index in [9.17, 15) is 0 Å². The summed E-state index contributed by atoms with van der Waals surface area (Å²) in [5.74, 6) is 0.574. The second-order valence-corrected chi connectivity index (χ2v) is 3.70. The number of nitrogens with zero attached hydrogens (tertiary/aromatic N) is 2. The summed E-state index contributed by atoms with van der Waals surface area (Å²) in [6.07, 6.45) is 4.07. The summed E-state index contributed by atoms with van der Waals surface area (Å²) < 4.78 is 0. The maximum atomic E-state index is 5.62. The Morgan fingerprint density at radius 3 is 2.71 bits per heavy atom. The molecule has 82 valence electrons. The van der Waals surface area contributed by atoms with Gasteiger partial charge in [0.2, 0.25) is 0 Å². The molecule has 14 heavy (non-hydrogen) atoms. The molecule has 1 fully saturated rings. The molecule has 4 heteroatoms. The number of likely N-dealkylation sites (tertiary alicyclic amines) is 1. The van der Waals surface area contributed by atoms with E-state index in [0.717, 1.165) is 19.6 Å². The Morgan fingerprint density at radius 2 is 2.07 bits per heavy atom. The van der Waals surface area contributed by atoms with Crippen molar-refractivity contribution in [1.29, 1.82) is 0 Å². The summed E-state index contributed by atoms with van der Waals surface area (Å²) >= 11 is 0. The molecular weight excluding hydrogens is 176 g/mol. The Labute approximate surface area is 86.6 Å². The number of hydrogen-bond acceptors (Lipinski definition) is 2. The fraction of sp³-hybridized carbons (Fsp3) is 0.900. The lowest BCUT2D eigenvalue weighted by Gasteiger charge is -2.25. The van der Waals surface area contributed by atoms with Crippen molar-refractivity contribution in [2.75, 3.05) is 32.7 Å². The van der Waals surface area contributed by atoms with Gasteiger partial charge in [-0.1, -0.05) is 6.42 Å². The molecule has 1 rings (SSSR count). The predicted octanol–water partition coefficient (Wildman–Crippen LogP) is 0.397. The van der Waals surface area contributed by atoms with E-state index < -0.39 is 0 Å². The van der Waals surface area contributed by atoms with E-state index in [1.165, 1.54) is 32.4 Å². The molecule has 0 unspecified atom stereocenters. The molecule has 0 aliphatic carbocycles. The lowest BCUT2D eigenvalue weighted by molar-refractivity contribution is 0.235. The molecule has 1 saturated heterocycles. The van der Waals surface area contributed by atoms with Gasteiger partial charge in [-0.05, 0) is 32.9 Å². The van der Waals surface area contributed by atoms with E-state index in [2.05, 4.69) is 15.2 Å². The Morgan fingerprint density at radius 1 is 1.36 bits per heavy atom. The van der Waals surface area contributed by atoms with Crippen LogP contribution in [0.15, 0.2) is 4.99 Å². The number of guanidine groups is 1. The first-order valence-corrected chi connectivity index (χ1v) is 5.59. The quantitative estimate of drug-likeness (QED) is 0.508. The fourth-order valence-corrected chi connectivity index (χ4v) is 1.73. The summed E-state index contributed by atoms with van der Waals surface area (Å²) in [6, 6.07) is 0. The molecule has 3 N–H and O–H groups in total. The summed E-state index contributed by atoms with van der Waals surface area (Å²) in [7, 11) is 0. The van der Waals surface area contributed by atoms with Crippen molar-refractivity contribution in [3.63, 3.8) is 0 Å². The van der Waals surface area contributed by atoms with Crippen LogP contribution in [0.4, 0.5) is 0 Å². The molecule has 0 amide bonds. The van der Waals surface area contributed by atoms with Gasteiger partial charge < -0.3 is 16.0 Å². The maximum Gasteiger partial charge on any atom is 0.188 e. The molecule has 1 heterocycles. The van der Waals surface area contributed by atoms with Gasteiger partial charge >= 0.3 is 0 Å². The van der Waals surface area contributed by atoms with Crippen molar-refractivity contribution in [3.8, 4) is 0 Å². The molecular formula is C10H22N4. The highest BCUT2D eigenvalue weighted by Gasteiger charge is 2.08. The highest BCUT2D eigenvalue weighted by atomic mass is 15.1. The first-order chi connectivity index (χ1) is 6.83. The average molecular weight is 198 g/mol. The molecule has 0 saturated carbocycles. The van der Waals surface area contributed by atoms with Crippen LogP contribution >= 0.6 is 0 Å². The van der Waals surface area contributed by atoms with Crippen molar-refractivity contribution < 1.29 is 0 Å². The Hall–Kier alpha value is -0.770. The second-order valence-electron chi connectivity index (χ2n) is 3.70. The predicted molar refractivity (Wildman–Crippen MR) is 60.5 cm³/mol. The van der Waals surface area contributed by atoms with Crippen LogP contribution in [-0.4, -0.2) is 43.6 Å². The zero-order valence-electron chi connectivity index (χ0n) is 9.13. The SMILES string of the molecule is CCNC(N)=NCCN1CCCCC1. The van der Waals surface area contributed by atoms with Gasteiger partial charge in [-0.2, -0.15) is 0 Å². The number of nitrogens with one attached hydrogen (secondary N) is 1. The van der Waals surface area contributed by atoms with Gasteiger partial charge in [0.05, 0.1) is 6.54 Å². The molecule has 0 radical (unpaired) electrons. The summed E-state index contributed by atoms with van der Waals surface area (Å²) in [4.78, 5) is 6.71. The first kappa shape index (κ1) is 11.3. The van der Waals surface area contributed by atoms with E-state index in [1.807, 2.05) is 6.92 Å². The topological polar surface area (TPSA) is 53.6 Å². The third kappa shape index (κ3) is 4.46. The first-order valence-electron chi connectivity index (χ1n) is 5.59. The molecule has 1 aliphatic rings. The molecule has 4 nitrogen and oxygen atoms in total. The third-order valence-corrected chi connectivity index (χ3v) is 2.50. The van der Waals surface area contributed by atoms with Crippen LogP contribution in [0.2, 0.25) is 0 Å². The summed E-state index contributed by atoms with van der Waals surface area (Å²) in [5, 5.41) is 2.99. The Balaban J connectivity index is 2.09. The monoisotopic (exact) mass is 198 g/mol. The van der Waals surface area contributed by atoms with Crippen molar-refractivity contribution >= 4 is 5.96 Å². The van der Waals surface area contributed by atoms with Gasteiger partial charge in [0, 0.05) is 13.1 Å². The van der Waals surface area contributed by atoms with E-state index in [0.29, 0.717) is 5.96 Å². The fourth-order valence-electron chi connectivity index (χ4n) is 1.73. The van der Waals surface area contributed by atoms with Gasteiger partial charge in [0.15, 0.2) is 5.96 Å². The smallest absolute Gasteiger partial charge is 0.188 e. The minimum absolute atomic E-state index is 0.574. The van der Waals surface area contributed by atoms with Crippen LogP contribution in [0.3, 0.4) is 0 Å².